The third kappa shape index (κ3) is 2.53. The van der Waals surface area contributed by atoms with Gasteiger partial charge in [-0.1, -0.05) is 19.4 Å². The minimum absolute atomic E-state index is 0.00591. The van der Waals surface area contributed by atoms with Crippen LogP contribution in [0.15, 0.2) is 24.3 Å². The molecule has 2 aliphatic rings. The summed E-state index contributed by atoms with van der Waals surface area (Å²) in [5, 5.41) is 6.45. The molecular weight excluding hydrogens is 238 g/mol. The molecule has 4 nitrogen and oxygen atoms in total. The summed E-state index contributed by atoms with van der Waals surface area (Å²) in [6.07, 6.45) is 3.87. The molecule has 1 saturated heterocycles. The van der Waals surface area contributed by atoms with Crippen LogP contribution in [-0.2, 0) is 0 Å². The fourth-order valence-corrected chi connectivity index (χ4v) is 3.06. The lowest BCUT2D eigenvalue weighted by molar-refractivity contribution is 0.252. The Balaban J connectivity index is 1.74. The third-order valence-corrected chi connectivity index (χ3v) is 4.23. The van der Waals surface area contributed by atoms with Crippen LogP contribution in [0.4, 0.5) is 16.2 Å². The Morgan fingerprint density at radius 1 is 1.37 bits per heavy atom. The van der Waals surface area contributed by atoms with Crippen molar-refractivity contribution >= 4 is 17.4 Å². The van der Waals surface area contributed by atoms with Crippen LogP contribution in [-0.4, -0.2) is 25.2 Å². The van der Waals surface area contributed by atoms with Crippen molar-refractivity contribution in [3.05, 3.63) is 24.3 Å². The molecule has 1 aromatic rings. The molecular formula is C15H21N3O. The molecule has 1 aromatic carbocycles. The van der Waals surface area contributed by atoms with Gasteiger partial charge in [-0.3, -0.25) is 4.90 Å². The number of carbonyl (C=O) groups excluding carboxylic acids is 1. The number of nitrogens with zero attached hydrogens (tertiary/aromatic N) is 1. The van der Waals surface area contributed by atoms with Crippen molar-refractivity contribution in [2.75, 3.05) is 23.3 Å². The fraction of sp³-hybridized carbons (Fsp3) is 0.533. The zero-order valence-corrected chi connectivity index (χ0v) is 11.4. The van der Waals surface area contributed by atoms with Gasteiger partial charge in [-0.05, 0) is 37.0 Å². The second-order valence-electron chi connectivity index (χ2n) is 5.59. The van der Waals surface area contributed by atoms with E-state index >= 15 is 0 Å². The van der Waals surface area contributed by atoms with Crippen LogP contribution in [0.1, 0.15) is 26.2 Å². The molecule has 4 heteroatoms. The van der Waals surface area contributed by atoms with Crippen LogP contribution >= 0.6 is 0 Å². The van der Waals surface area contributed by atoms with Crippen LogP contribution in [0.2, 0.25) is 0 Å². The summed E-state index contributed by atoms with van der Waals surface area (Å²) < 4.78 is 0. The van der Waals surface area contributed by atoms with E-state index in [-0.39, 0.29) is 6.03 Å². The number of hydrogen-bond donors (Lipinski definition) is 2. The van der Waals surface area contributed by atoms with Crippen molar-refractivity contribution < 1.29 is 4.79 Å². The molecule has 1 aliphatic carbocycles. The van der Waals surface area contributed by atoms with Gasteiger partial charge in [0.2, 0.25) is 0 Å². The molecule has 0 radical (unpaired) electrons. The van der Waals surface area contributed by atoms with E-state index in [0.29, 0.717) is 6.04 Å². The average Bonchev–Trinajstić information content (AvgIpc) is 3.00. The van der Waals surface area contributed by atoms with Crippen LogP contribution in [0.3, 0.4) is 0 Å². The molecule has 0 aromatic heterocycles. The molecule has 2 fully saturated rings. The average molecular weight is 259 g/mol. The number of rotatable bonds is 3. The molecule has 2 N–H and O–H groups in total. The highest BCUT2D eigenvalue weighted by molar-refractivity contribution is 5.94. The van der Waals surface area contributed by atoms with E-state index in [1.807, 2.05) is 12.1 Å². The third-order valence-electron chi connectivity index (χ3n) is 4.23. The Hall–Kier alpha value is -1.71. The lowest BCUT2D eigenvalue weighted by Gasteiger charge is -2.20. The number of urea groups is 1. The van der Waals surface area contributed by atoms with Crippen molar-refractivity contribution in [1.29, 1.82) is 0 Å². The quantitative estimate of drug-likeness (QED) is 0.876. The van der Waals surface area contributed by atoms with E-state index in [4.69, 9.17) is 0 Å². The van der Waals surface area contributed by atoms with Crippen LogP contribution in [0.25, 0.3) is 0 Å². The van der Waals surface area contributed by atoms with Gasteiger partial charge in [-0.25, -0.2) is 4.79 Å². The molecule has 1 aliphatic heterocycles. The summed E-state index contributed by atoms with van der Waals surface area (Å²) in [5.74, 6) is 0.735. The number of carbonyl (C=O) groups is 1. The molecule has 1 saturated carbocycles. The first-order valence-electron chi connectivity index (χ1n) is 7.16. The summed E-state index contributed by atoms with van der Waals surface area (Å²) in [7, 11) is 0. The lowest BCUT2D eigenvalue weighted by atomic mass is 10.1. The second kappa shape index (κ2) is 5.11. The van der Waals surface area contributed by atoms with Crippen molar-refractivity contribution in [2.24, 2.45) is 5.92 Å². The molecule has 1 heterocycles. The first-order chi connectivity index (χ1) is 9.24. The van der Waals surface area contributed by atoms with Gasteiger partial charge in [-0.2, -0.15) is 0 Å². The second-order valence-corrected chi connectivity index (χ2v) is 5.59. The van der Waals surface area contributed by atoms with Crippen LogP contribution < -0.4 is 15.5 Å². The molecule has 102 valence electrons. The predicted molar refractivity (Wildman–Crippen MR) is 77.6 cm³/mol. The molecule has 0 spiro atoms. The van der Waals surface area contributed by atoms with E-state index in [9.17, 15) is 4.79 Å². The summed E-state index contributed by atoms with van der Waals surface area (Å²) in [6, 6.07) is 8.75. The van der Waals surface area contributed by atoms with Gasteiger partial charge in [0.05, 0.1) is 0 Å². The van der Waals surface area contributed by atoms with E-state index < -0.39 is 0 Å². The van der Waals surface area contributed by atoms with Gasteiger partial charge in [0.1, 0.15) is 0 Å². The zero-order valence-electron chi connectivity index (χ0n) is 11.4. The normalized spacial score (nSPS) is 26.6. The molecule has 2 atom stereocenters. The van der Waals surface area contributed by atoms with Gasteiger partial charge < -0.3 is 10.6 Å². The van der Waals surface area contributed by atoms with Gasteiger partial charge >= 0.3 is 6.03 Å². The topological polar surface area (TPSA) is 44.4 Å². The number of benzene rings is 1. The minimum atomic E-state index is 0.00591. The maximum Gasteiger partial charge on any atom is 0.321 e. The summed E-state index contributed by atoms with van der Waals surface area (Å²) in [4.78, 5) is 13.5. The van der Waals surface area contributed by atoms with Crippen molar-refractivity contribution in [1.82, 2.24) is 5.32 Å². The van der Waals surface area contributed by atoms with E-state index in [2.05, 4.69) is 29.7 Å². The van der Waals surface area contributed by atoms with E-state index in [1.54, 1.807) is 4.90 Å². The van der Waals surface area contributed by atoms with Crippen molar-refractivity contribution in [2.45, 2.75) is 32.2 Å². The first kappa shape index (κ1) is 12.3. The number of nitrogens with one attached hydrogen (secondary N) is 2. The highest BCUT2D eigenvalue weighted by atomic mass is 16.2. The standard InChI is InChI=1S/C15H21N3O/c1-11-4-2-7-14(11)17-12-5-3-6-13(10-12)18-9-8-16-15(18)19/h3,5-6,10-11,14,17H,2,4,7-9H2,1H3,(H,16,19). The predicted octanol–water partition coefficient (Wildman–Crippen LogP) is 2.82. The van der Waals surface area contributed by atoms with E-state index in [0.717, 1.165) is 30.4 Å². The summed E-state index contributed by atoms with van der Waals surface area (Å²) in [5.41, 5.74) is 2.10. The smallest absolute Gasteiger partial charge is 0.321 e. The highest BCUT2D eigenvalue weighted by Gasteiger charge is 2.24. The van der Waals surface area contributed by atoms with E-state index in [1.165, 1.54) is 19.3 Å². The summed E-state index contributed by atoms with van der Waals surface area (Å²) in [6.45, 7) is 3.79. The van der Waals surface area contributed by atoms with Crippen molar-refractivity contribution in [3.63, 3.8) is 0 Å². The molecule has 0 bridgehead atoms. The largest absolute Gasteiger partial charge is 0.382 e. The van der Waals surface area contributed by atoms with Gasteiger partial charge in [0.15, 0.2) is 0 Å². The Kier molecular flexibility index (Phi) is 3.32. The van der Waals surface area contributed by atoms with Gasteiger partial charge in [0.25, 0.3) is 0 Å². The monoisotopic (exact) mass is 259 g/mol. The van der Waals surface area contributed by atoms with Crippen LogP contribution in [0.5, 0.6) is 0 Å². The zero-order chi connectivity index (χ0) is 13.2. The van der Waals surface area contributed by atoms with Crippen LogP contribution in [0, 0.1) is 5.92 Å². The minimum Gasteiger partial charge on any atom is -0.382 e. The Bertz CT molecular complexity index is 474. The van der Waals surface area contributed by atoms with Gasteiger partial charge in [-0.15, -0.1) is 0 Å². The number of amides is 2. The highest BCUT2D eigenvalue weighted by Crippen LogP contribution is 2.29. The fourth-order valence-electron chi connectivity index (χ4n) is 3.06. The molecule has 2 unspecified atom stereocenters. The number of hydrogen-bond acceptors (Lipinski definition) is 2. The van der Waals surface area contributed by atoms with Crippen molar-refractivity contribution in [3.8, 4) is 0 Å². The summed E-state index contributed by atoms with van der Waals surface area (Å²) >= 11 is 0. The Morgan fingerprint density at radius 3 is 2.95 bits per heavy atom. The molecule has 2 amide bonds. The molecule has 3 rings (SSSR count). The lowest BCUT2D eigenvalue weighted by Crippen LogP contribution is -2.28. The molecule has 19 heavy (non-hydrogen) atoms. The maximum atomic E-state index is 11.7. The SMILES string of the molecule is CC1CCCC1Nc1cccc(N2CCNC2=O)c1. The first-order valence-corrected chi connectivity index (χ1v) is 7.16. The number of anilines is 2. The Morgan fingerprint density at radius 2 is 2.26 bits per heavy atom. The van der Waals surface area contributed by atoms with Gasteiger partial charge in [0, 0.05) is 30.5 Å². The Labute approximate surface area is 114 Å². The maximum absolute atomic E-state index is 11.7.